The lowest BCUT2D eigenvalue weighted by atomic mass is 10.2. The van der Waals surface area contributed by atoms with Gasteiger partial charge in [-0.05, 0) is 30.0 Å². The normalized spacial score (nSPS) is 10.3. The van der Waals surface area contributed by atoms with E-state index >= 15 is 0 Å². The summed E-state index contributed by atoms with van der Waals surface area (Å²) in [6.07, 6.45) is 2.29. The molecule has 7 heteroatoms. The number of nitrogens with zero attached hydrogens (tertiary/aromatic N) is 2. The van der Waals surface area contributed by atoms with Crippen molar-refractivity contribution in [3.63, 3.8) is 0 Å². The average molecular weight is 359 g/mol. The van der Waals surface area contributed by atoms with Gasteiger partial charge in [0, 0.05) is 37.5 Å². The van der Waals surface area contributed by atoms with E-state index in [1.807, 2.05) is 30.5 Å². The molecule has 1 N–H and O–H groups in total. The summed E-state index contributed by atoms with van der Waals surface area (Å²) in [5.74, 6) is -0.0139. The Hall–Kier alpha value is -2.54. The highest BCUT2D eigenvalue weighted by Gasteiger charge is 2.13. The second-order valence-corrected chi connectivity index (χ2v) is 6.43. The third kappa shape index (κ3) is 5.49. The van der Waals surface area contributed by atoms with Crippen molar-refractivity contribution in [3.8, 4) is 0 Å². The molecule has 0 saturated heterocycles. The first-order valence-electron chi connectivity index (χ1n) is 7.85. The van der Waals surface area contributed by atoms with Crippen LogP contribution in [0.25, 0.3) is 0 Å². The van der Waals surface area contributed by atoms with Crippen molar-refractivity contribution in [2.45, 2.75) is 17.9 Å². The van der Waals surface area contributed by atoms with E-state index in [0.29, 0.717) is 18.8 Å². The summed E-state index contributed by atoms with van der Waals surface area (Å²) in [6.45, 7) is 0.887. The van der Waals surface area contributed by atoms with Crippen molar-refractivity contribution < 1.29 is 9.72 Å². The van der Waals surface area contributed by atoms with E-state index in [4.69, 9.17) is 0 Å². The summed E-state index contributed by atoms with van der Waals surface area (Å²) in [5, 5.41) is 13.9. The van der Waals surface area contributed by atoms with Crippen LogP contribution >= 0.6 is 11.8 Å². The highest BCUT2D eigenvalue weighted by atomic mass is 32.2. The molecule has 132 valence electrons. The fourth-order valence-electron chi connectivity index (χ4n) is 2.37. The lowest BCUT2D eigenvalue weighted by Crippen LogP contribution is -2.27. The molecule has 0 saturated carbocycles. The maximum absolute atomic E-state index is 12.2. The quantitative estimate of drug-likeness (QED) is 0.441. The minimum atomic E-state index is -0.436. The van der Waals surface area contributed by atoms with Gasteiger partial charge < -0.3 is 10.2 Å². The van der Waals surface area contributed by atoms with Crippen molar-refractivity contribution in [1.82, 2.24) is 4.90 Å². The molecule has 0 aromatic heterocycles. The second kappa shape index (κ2) is 9.08. The van der Waals surface area contributed by atoms with Gasteiger partial charge in [-0.2, -0.15) is 0 Å². The van der Waals surface area contributed by atoms with Crippen LogP contribution in [0.3, 0.4) is 0 Å². The summed E-state index contributed by atoms with van der Waals surface area (Å²) >= 11 is 1.68. The number of hydrogen-bond donors (Lipinski definition) is 1. The van der Waals surface area contributed by atoms with E-state index in [1.165, 1.54) is 11.0 Å². The van der Waals surface area contributed by atoms with Gasteiger partial charge in [-0.3, -0.25) is 14.9 Å². The van der Waals surface area contributed by atoms with Gasteiger partial charge in [0.05, 0.1) is 4.92 Å². The van der Waals surface area contributed by atoms with Gasteiger partial charge in [-0.25, -0.2) is 0 Å². The van der Waals surface area contributed by atoms with Crippen LogP contribution in [0.2, 0.25) is 0 Å². The molecule has 2 aromatic rings. The minimum absolute atomic E-state index is 0.0113. The molecule has 0 atom stereocenters. The van der Waals surface area contributed by atoms with Gasteiger partial charge >= 0.3 is 0 Å². The Kier molecular flexibility index (Phi) is 6.82. The monoisotopic (exact) mass is 359 g/mol. The van der Waals surface area contributed by atoms with Gasteiger partial charge in [0.2, 0.25) is 5.91 Å². The molecule has 0 bridgehead atoms. The molecule has 0 heterocycles. The number of para-hydroxylation sites is 2. The predicted octanol–water partition coefficient (Wildman–Crippen LogP) is 3.78. The highest BCUT2D eigenvalue weighted by molar-refractivity contribution is 7.98. The number of thioether (sulfide) groups is 1. The summed E-state index contributed by atoms with van der Waals surface area (Å²) in [6, 6.07) is 14.5. The Morgan fingerprint density at radius 3 is 2.52 bits per heavy atom. The van der Waals surface area contributed by atoms with E-state index in [9.17, 15) is 14.9 Å². The first-order valence-corrected chi connectivity index (χ1v) is 9.08. The molecule has 0 unspecified atom stereocenters. The topological polar surface area (TPSA) is 75.5 Å². The third-order valence-electron chi connectivity index (χ3n) is 3.76. The van der Waals surface area contributed by atoms with Crippen molar-refractivity contribution >= 4 is 29.0 Å². The molecule has 0 aliphatic heterocycles. The molecule has 0 radical (unpaired) electrons. The van der Waals surface area contributed by atoms with Gasteiger partial charge in [-0.15, -0.1) is 11.8 Å². The molecule has 0 spiro atoms. The third-order valence-corrected chi connectivity index (χ3v) is 4.50. The summed E-state index contributed by atoms with van der Waals surface area (Å²) in [7, 11) is 1.76. The minimum Gasteiger partial charge on any atom is -0.379 e. The molecule has 2 rings (SSSR count). The number of amides is 1. The maximum atomic E-state index is 12.2. The zero-order chi connectivity index (χ0) is 18.2. The average Bonchev–Trinajstić information content (AvgIpc) is 2.62. The van der Waals surface area contributed by atoms with Crippen molar-refractivity contribution in [3.05, 3.63) is 64.2 Å². The van der Waals surface area contributed by atoms with Crippen LogP contribution in [-0.4, -0.2) is 35.6 Å². The lowest BCUT2D eigenvalue weighted by molar-refractivity contribution is -0.384. The van der Waals surface area contributed by atoms with Gasteiger partial charge in [-0.1, -0.05) is 24.3 Å². The Morgan fingerprint density at radius 1 is 1.20 bits per heavy atom. The van der Waals surface area contributed by atoms with E-state index in [1.54, 1.807) is 41.9 Å². The van der Waals surface area contributed by atoms with Crippen molar-refractivity contribution in [2.75, 3.05) is 25.2 Å². The van der Waals surface area contributed by atoms with Gasteiger partial charge in [0.25, 0.3) is 5.69 Å². The van der Waals surface area contributed by atoms with E-state index in [-0.39, 0.29) is 18.0 Å². The van der Waals surface area contributed by atoms with E-state index in [0.717, 1.165) is 5.56 Å². The molecule has 1 amide bonds. The van der Waals surface area contributed by atoms with Gasteiger partial charge in [0.1, 0.15) is 5.69 Å². The molecule has 2 aromatic carbocycles. The molecule has 0 aliphatic carbocycles. The maximum Gasteiger partial charge on any atom is 0.292 e. The largest absolute Gasteiger partial charge is 0.379 e. The smallest absolute Gasteiger partial charge is 0.292 e. The van der Waals surface area contributed by atoms with Crippen LogP contribution in [0.4, 0.5) is 11.4 Å². The van der Waals surface area contributed by atoms with Gasteiger partial charge in [0.15, 0.2) is 0 Å². The van der Waals surface area contributed by atoms with Crippen LogP contribution in [0.5, 0.6) is 0 Å². The molecule has 25 heavy (non-hydrogen) atoms. The first kappa shape index (κ1) is 18.8. The van der Waals surface area contributed by atoms with Crippen LogP contribution in [0, 0.1) is 10.1 Å². The number of carbonyl (C=O) groups excluding carboxylic acids is 1. The number of nitro benzene ring substituents is 1. The zero-order valence-electron chi connectivity index (χ0n) is 14.3. The number of hydrogen-bond acceptors (Lipinski definition) is 5. The molecule has 0 fully saturated rings. The number of carbonyl (C=O) groups is 1. The number of anilines is 1. The number of rotatable bonds is 8. The first-order chi connectivity index (χ1) is 12.0. The lowest BCUT2D eigenvalue weighted by Gasteiger charge is -2.18. The van der Waals surface area contributed by atoms with Crippen LogP contribution in [0.15, 0.2) is 53.4 Å². The SMILES string of the molecule is CSc1ccc(CN(C)C(=O)CCNc2ccccc2[N+](=O)[O-])cc1. The van der Waals surface area contributed by atoms with E-state index < -0.39 is 4.92 Å². The fourth-order valence-corrected chi connectivity index (χ4v) is 2.78. The summed E-state index contributed by atoms with van der Waals surface area (Å²) < 4.78 is 0. The zero-order valence-corrected chi connectivity index (χ0v) is 15.1. The molecule has 6 nitrogen and oxygen atoms in total. The Balaban J connectivity index is 1.84. The molecular weight excluding hydrogens is 338 g/mol. The molecular formula is C18H21N3O3S. The molecule has 0 aliphatic rings. The Labute approximate surface area is 151 Å². The summed E-state index contributed by atoms with van der Waals surface area (Å²) in [4.78, 5) is 25.6. The summed E-state index contributed by atoms with van der Waals surface area (Å²) in [5.41, 5.74) is 1.51. The second-order valence-electron chi connectivity index (χ2n) is 5.55. The van der Waals surface area contributed by atoms with Crippen molar-refractivity contribution in [2.24, 2.45) is 0 Å². The standard InChI is InChI=1S/C18H21N3O3S/c1-20(13-14-7-9-15(25-2)10-8-14)18(22)11-12-19-16-5-3-4-6-17(16)21(23)24/h3-10,19H,11-13H2,1-2H3. The number of nitrogens with one attached hydrogen (secondary N) is 1. The number of nitro groups is 1. The van der Waals surface area contributed by atoms with Crippen LogP contribution in [0.1, 0.15) is 12.0 Å². The van der Waals surface area contributed by atoms with E-state index in [2.05, 4.69) is 5.32 Å². The predicted molar refractivity (Wildman–Crippen MR) is 101 cm³/mol. The fraction of sp³-hybridized carbons (Fsp3) is 0.278. The van der Waals surface area contributed by atoms with Crippen molar-refractivity contribution in [1.29, 1.82) is 0 Å². The van der Waals surface area contributed by atoms with Crippen LogP contribution in [-0.2, 0) is 11.3 Å². The van der Waals surface area contributed by atoms with Crippen LogP contribution < -0.4 is 5.32 Å². The number of benzene rings is 2. The highest BCUT2D eigenvalue weighted by Crippen LogP contribution is 2.23. The Bertz CT molecular complexity index is 735. The Morgan fingerprint density at radius 2 is 1.88 bits per heavy atom.